The monoisotopic (exact) mass is 480 g/mol. The number of nitrogens with one attached hydrogen (secondary N) is 3. The van der Waals surface area contributed by atoms with Crippen molar-refractivity contribution in [2.24, 2.45) is 5.73 Å². The van der Waals surface area contributed by atoms with Crippen molar-refractivity contribution in [1.29, 1.82) is 0 Å². The van der Waals surface area contributed by atoms with E-state index in [-0.39, 0.29) is 17.8 Å². The van der Waals surface area contributed by atoms with E-state index >= 15 is 0 Å². The lowest BCUT2D eigenvalue weighted by Crippen LogP contribution is -2.33. The Hall–Kier alpha value is -3.27. The fraction of sp³-hybridized carbons (Fsp3) is 0.520. The standard InChI is InChI=1S/C25H33FN8O/c26-17-7-5-16(6-8-17)24(35)29-14-13-28-22-21-23(34(15-30-21)20-3-1-2-4-20)33-25(32-22)31-19-11-9-18(27)10-12-19/h5-8,15,18-20H,1-4,9-14,27H2,(H,29,35)(H2,28,31,32,33)/t18-,19-. The third-order valence-electron chi connectivity index (χ3n) is 7.05. The van der Waals surface area contributed by atoms with Crippen LogP contribution in [-0.4, -0.2) is 50.6 Å². The summed E-state index contributed by atoms with van der Waals surface area (Å²) in [5, 5.41) is 9.70. The number of carbonyl (C=O) groups excluding carboxylic acids is 1. The number of fused-ring (bicyclic) bond motifs is 1. The van der Waals surface area contributed by atoms with Gasteiger partial charge in [-0.3, -0.25) is 4.79 Å². The molecule has 1 amide bonds. The van der Waals surface area contributed by atoms with E-state index in [0.717, 1.165) is 49.7 Å². The van der Waals surface area contributed by atoms with Gasteiger partial charge >= 0.3 is 0 Å². The number of nitrogens with two attached hydrogens (primary N) is 1. The maximum atomic E-state index is 13.1. The van der Waals surface area contributed by atoms with Gasteiger partial charge in [-0.1, -0.05) is 12.8 Å². The molecule has 9 nitrogen and oxygen atoms in total. The predicted molar refractivity (Wildman–Crippen MR) is 134 cm³/mol. The molecule has 0 spiro atoms. The Balaban J connectivity index is 1.30. The second-order valence-electron chi connectivity index (χ2n) is 9.60. The number of hydrogen-bond acceptors (Lipinski definition) is 7. The summed E-state index contributed by atoms with van der Waals surface area (Å²) >= 11 is 0. The average Bonchev–Trinajstić information content (AvgIpc) is 3.53. The number of benzene rings is 1. The zero-order valence-electron chi connectivity index (χ0n) is 19.8. The van der Waals surface area contributed by atoms with Gasteiger partial charge < -0.3 is 26.3 Å². The van der Waals surface area contributed by atoms with Crippen LogP contribution in [0.3, 0.4) is 0 Å². The van der Waals surface area contributed by atoms with Crippen LogP contribution in [0.25, 0.3) is 11.2 Å². The second kappa shape index (κ2) is 10.6. The molecule has 5 N–H and O–H groups in total. The number of aromatic nitrogens is 4. The topological polar surface area (TPSA) is 123 Å². The Kier molecular flexibility index (Phi) is 7.08. The number of halogens is 1. The first-order valence-electron chi connectivity index (χ1n) is 12.6. The zero-order valence-corrected chi connectivity index (χ0v) is 19.8. The molecule has 0 atom stereocenters. The van der Waals surface area contributed by atoms with Crippen LogP contribution in [-0.2, 0) is 0 Å². The zero-order chi connectivity index (χ0) is 24.2. The summed E-state index contributed by atoms with van der Waals surface area (Å²) in [6.45, 7) is 0.849. The van der Waals surface area contributed by atoms with Crippen LogP contribution in [0.5, 0.6) is 0 Å². The van der Waals surface area contributed by atoms with E-state index in [1.54, 1.807) is 0 Å². The van der Waals surface area contributed by atoms with Gasteiger partial charge in [0.2, 0.25) is 5.95 Å². The van der Waals surface area contributed by atoms with Crippen LogP contribution in [0.1, 0.15) is 67.8 Å². The van der Waals surface area contributed by atoms with Gasteiger partial charge in [-0.2, -0.15) is 9.97 Å². The fourth-order valence-corrected chi connectivity index (χ4v) is 5.06. The van der Waals surface area contributed by atoms with Crippen LogP contribution < -0.4 is 21.7 Å². The minimum atomic E-state index is -0.367. The lowest BCUT2D eigenvalue weighted by atomic mass is 9.92. The van der Waals surface area contributed by atoms with Gasteiger partial charge in [-0.05, 0) is 62.8 Å². The first-order chi connectivity index (χ1) is 17.1. The van der Waals surface area contributed by atoms with Crippen molar-refractivity contribution in [2.75, 3.05) is 23.7 Å². The third-order valence-corrected chi connectivity index (χ3v) is 7.05. The van der Waals surface area contributed by atoms with Gasteiger partial charge in [0.1, 0.15) is 5.82 Å². The van der Waals surface area contributed by atoms with Gasteiger partial charge in [0.15, 0.2) is 17.0 Å². The van der Waals surface area contributed by atoms with E-state index in [0.29, 0.717) is 42.5 Å². The largest absolute Gasteiger partial charge is 0.366 e. The summed E-state index contributed by atoms with van der Waals surface area (Å²) in [5.74, 6) is 0.630. The highest BCUT2D eigenvalue weighted by atomic mass is 19.1. The van der Waals surface area contributed by atoms with Crippen molar-refractivity contribution >= 4 is 28.8 Å². The summed E-state index contributed by atoms with van der Waals surface area (Å²) in [5.41, 5.74) is 8.06. The molecule has 0 radical (unpaired) electrons. The number of hydrogen-bond donors (Lipinski definition) is 4. The molecule has 2 aromatic heterocycles. The molecule has 0 bridgehead atoms. The Morgan fingerprint density at radius 2 is 1.77 bits per heavy atom. The Bertz CT molecular complexity index is 1150. The highest BCUT2D eigenvalue weighted by Crippen LogP contribution is 2.33. The van der Waals surface area contributed by atoms with Gasteiger partial charge in [-0.25, -0.2) is 9.37 Å². The predicted octanol–water partition coefficient (Wildman–Crippen LogP) is 3.60. The Morgan fingerprint density at radius 1 is 1.03 bits per heavy atom. The normalized spacial score (nSPS) is 20.7. The van der Waals surface area contributed by atoms with Crippen molar-refractivity contribution in [3.05, 3.63) is 42.0 Å². The van der Waals surface area contributed by atoms with E-state index in [1.165, 1.54) is 37.1 Å². The van der Waals surface area contributed by atoms with E-state index in [1.807, 2.05) is 6.33 Å². The summed E-state index contributed by atoms with van der Waals surface area (Å²) in [6, 6.07) is 6.49. The Morgan fingerprint density at radius 3 is 2.51 bits per heavy atom. The molecular weight excluding hydrogens is 447 g/mol. The molecule has 0 unspecified atom stereocenters. The van der Waals surface area contributed by atoms with Gasteiger partial charge in [0.05, 0.1) is 6.33 Å². The van der Waals surface area contributed by atoms with Crippen LogP contribution in [0.2, 0.25) is 0 Å². The van der Waals surface area contributed by atoms with Gasteiger partial charge in [0.25, 0.3) is 5.91 Å². The van der Waals surface area contributed by atoms with Crippen LogP contribution in [0, 0.1) is 5.82 Å². The molecule has 2 saturated carbocycles. The van der Waals surface area contributed by atoms with Crippen molar-refractivity contribution in [3.63, 3.8) is 0 Å². The van der Waals surface area contributed by atoms with Crippen LogP contribution in [0.15, 0.2) is 30.6 Å². The summed E-state index contributed by atoms with van der Waals surface area (Å²) < 4.78 is 15.3. The fourth-order valence-electron chi connectivity index (χ4n) is 5.06. The highest BCUT2D eigenvalue weighted by Gasteiger charge is 2.23. The molecule has 2 aliphatic carbocycles. The molecule has 5 rings (SSSR count). The van der Waals surface area contributed by atoms with E-state index in [4.69, 9.17) is 15.7 Å². The number of carbonyl (C=O) groups is 1. The first kappa shape index (κ1) is 23.5. The van der Waals surface area contributed by atoms with Gasteiger partial charge in [0, 0.05) is 36.8 Å². The van der Waals surface area contributed by atoms with Gasteiger partial charge in [-0.15, -0.1) is 0 Å². The summed E-state index contributed by atoms with van der Waals surface area (Å²) in [7, 11) is 0. The molecule has 2 heterocycles. The van der Waals surface area contributed by atoms with Crippen molar-refractivity contribution < 1.29 is 9.18 Å². The first-order valence-corrected chi connectivity index (χ1v) is 12.6. The van der Waals surface area contributed by atoms with E-state index in [9.17, 15) is 9.18 Å². The number of rotatable bonds is 8. The maximum absolute atomic E-state index is 13.1. The maximum Gasteiger partial charge on any atom is 0.251 e. The number of amides is 1. The SMILES string of the molecule is N[C@H]1CC[C@H](Nc2nc(NCCNC(=O)c3ccc(F)cc3)c3ncn(C4CCCC4)c3n2)CC1. The molecular formula is C25H33FN8O. The van der Waals surface area contributed by atoms with Crippen molar-refractivity contribution in [3.8, 4) is 0 Å². The molecule has 10 heteroatoms. The van der Waals surface area contributed by atoms with Crippen molar-refractivity contribution in [1.82, 2.24) is 24.8 Å². The number of imidazole rings is 1. The lowest BCUT2D eigenvalue weighted by Gasteiger charge is -2.27. The molecule has 1 aromatic carbocycles. The number of nitrogens with zero attached hydrogens (tertiary/aromatic N) is 4. The van der Waals surface area contributed by atoms with Crippen LogP contribution >= 0.6 is 0 Å². The molecule has 35 heavy (non-hydrogen) atoms. The minimum absolute atomic E-state index is 0.247. The smallest absolute Gasteiger partial charge is 0.251 e. The minimum Gasteiger partial charge on any atom is -0.366 e. The molecule has 3 aromatic rings. The molecule has 2 aliphatic rings. The second-order valence-corrected chi connectivity index (χ2v) is 9.60. The average molecular weight is 481 g/mol. The summed E-state index contributed by atoms with van der Waals surface area (Å²) in [6.07, 6.45) is 10.6. The number of anilines is 2. The van der Waals surface area contributed by atoms with E-state index in [2.05, 4.69) is 25.5 Å². The van der Waals surface area contributed by atoms with E-state index < -0.39 is 0 Å². The lowest BCUT2D eigenvalue weighted by molar-refractivity contribution is 0.0955. The highest BCUT2D eigenvalue weighted by molar-refractivity contribution is 5.94. The molecule has 0 aliphatic heterocycles. The summed E-state index contributed by atoms with van der Waals surface area (Å²) in [4.78, 5) is 26.6. The molecule has 186 valence electrons. The Labute approximate surface area is 204 Å². The van der Waals surface area contributed by atoms with Crippen molar-refractivity contribution in [2.45, 2.75) is 69.5 Å². The third kappa shape index (κ3) is 5.53. The quantitative estimate of drug-likeness (QED) is 0.363. The molecule has 0 saturated heterocycles. The molecule has 2 fully saturated rings. The van der Waals surface area contributed by atoms with Crippen LogP contribution in [0.4, 0.5) is 16.2 Å².